The van der Waals surface area contributed by atoms with Crippen LogP contribution in [-0.4, -0.2) is 17.6 Å². The molecule has 0 saturated carbocycles. The lowest BCUT2D eigenvalue weighted by Crippen LogP contribution is -2.20. The molecule has 0 saturated heterocycles. The molecule has 0 amide bonds. The largest absolute Gasteiger partial charge is 0.481 e. The Morgan fingerprint density at radius 3 is 2.88 bits per heavy atom. The van der Waals surface area contributed by atoms with Crippen LogP contribution in [0.15, 0.2) is 18.2 Å². The van der Waals surface area contributed by atoms with Crippen LogP contribution in [0.2, 0.25) is 5.02 Å². The van der Waals surface area contributed by atoms with Crippen molar-refractivity contribution in [2.45, 2.75) is 25.8 Å². The zero-order chi connectivity index (χ0) is 12.8. The third-order valence-electron chi connectivity index (χ3n) is 2.46. The van der Waals surface area contributed by atoms with Gasteiger partial charge in [-0.15, -0.1) is 0 Å². The number of carboxylic acid groups (broad SMARTS) is 1. The summed E-state index contributed by atoms with van der Waals surface area (Å²) in [6.45, 7) is 2.47. The summed E-state index contributed by atoms with van der Waals surface area (Å²) in [4.78, 5) is 10.3. The van der Waals surface area contributed by atoms with Crippen molar-refractivity contribution < 1.29 is 14.3 Å². The molecule has 17 heavy (non-hydrogen) atoms. The first-order chi connectivity index (χ1) is 8.00. The molecule has 0 aromatic heterocycles. The van der Waals surface area contributed by atoms with Crippen LogP contribution in [0.1, 0.15) is 31.4 Å². The number of benzene rings is 1. The van der Waals surface area contributed by atoms with Gasteiger partial charge in [0.2, 0.25) is 0 Å². The van der Waals surface area contributed by atoms with Gasteiger partial charge in [0.1, 0.15) is 5.82 Å². The van der Waals surface area contributed by atoms with E-state index in [4.69, 9.17) is 16.7 Å². The molecule has 0 spiro atoms. The van der Waals surface area contributed by atoms with E-state index in [9.17, 15) is 9.18 Å². The molecule has 0 heterocycles. The monoisotopic (exact) mass is 259 g/mol. The molecule has 1 aromatic carbocycles. The number of carboxylic acids is 1. The van der Waals surface area contributed by atoms with Gasteiger partial charge in [-0.05, 0) is 37.6 Å². The molecule has 1 unspecified atom stereocenters. The van der Waals surface area contributed by atoms with Crippen molar-refractivity contribution in [1.29, 1.82) is 0 Å². The first kappa shape index (κ1) is 13.9. The highest BCUT2D eigenvalue weighted by atomic mass is 35.5. The van der Waals surface area contributed by atoms with E-state index in [1.54, 1.807) is 6.07 Å². The van der Waals surface area contributed by atoms with Gasteiger partial charge in [-0.1, -0.05) is 17.7 Å². The number of nitrogens with one attached hydrogen (secondary N) is 1. The Labute approximate surface area is 105 Å². The van der Waals surface area contributed by atoms with Crippen LogP contribution in [0.25, 0.3) is 0 Å². The van der Waals surface area contributed by atoms with Gasteiger partial charge in [-0.3, -0.25) is 4.79 Å². The molecule has 0 aliphatic carbocycles. The van der Waals surface area contributed by atoms with Crippen molar-refractivity contribution in [2.24, 2.45) is 0 Å². The minimum atomic E-state index is -0.808. The van der Waals surface area contributed by atoms with Crippen molar-refractivity contribution in [1.82, 2.24) is 5.32 Å². The summed E-state index contributed by atoms with van der Waals surface area (Å²) < 4.78 is 13.2. The lowest BCUT2D eigenvalue weighted by Gasteiger charge is -2.14. The smallest absolute Gasteiger partial charge is 0.303 e. The molecule has 94 valence electrons. The molecule has 1 rings (SSSR count). The van der Waals surface area contributed by atoms with Gasteiger partial charge in [0, 0.05) is 12.5 Å². The third kappa shape index (κ3) is 4.71. The second-order valence-corrected chi connectivity index (χ2v) is 4.25. The third-order valence-corrected chi connectivity index (χ3v) is 2.77. The van der Waals surface area contributed by atoms with Crippen LogP contribution < -0.4 is 5.32 Å². The predicted octanol–water partition coefficient (Wildman–Crippen LogP) is 2.99. The minimum absolute atomic E-state index is 0.0319. The fourth-order valence-electron chi connectivity index (χ4n) is 1.46. The maximum Gasteiger partial charge on any atom is 0.303 e. The maximum absolute atomic E-state index is 13.2. The van der Waals surface area contributed by atoms with E-state index in [-0.39, 0.29) is 17.5 Å². The number of halogens is 2. The molecule has 0 aliphatic heterocycles. The summed E-state index contributed by atoms with van der Waals surface area (Å²) in [5, 5.41) is 11.7. The topological polar surface area (TPSA) is 49.3 Å². The Morgan fingerprint density at radius 2 is 2.29 bits per heavy atom. The van der Waals surface area contributed by atoms with E-state index in [2.05, 4.69) is 5.32 Å². The summed E-state index contributed by atoms with van der Waals surface area (Å²) in [5.41, 5.74) is 0.794. The van der Waals surface area contributed by atoms with Gasteiger partial charge in [0.15, 0.2) is 0 Å². The normalized spacial score (nSPS) is 12.4. The highest BCUT2D eigenvalue weighted by Gasteiger charge is 2.07. The number of rotatable bonds is 6. The van der Waals surface area contributed by atoms with Crippen molar-refractivity contribution in [3.05, 3.63) is 34.6 Å². The van der Waals surface area contributed by atoms with E-state index in [0.29, 0.717) is 13.0 Å². The van der Waals surface area contributed by atoms with E-state index >= 15 is 0 Å². The lowest BCUT2D eigenvalue weighted by molar-refractivity contribution is -0.137. The molecular weight excluding hydrogens is 245 g/mol. The summed E-state index contributed by atoms with van der Waals surface area (Å²) in [6.07, 6.45) is 0.685. The van der Waals surface area contributed by atoms with E-state index < -0.39 is 11.8 Å². The summed E-state index contributed by atoms with van der Waals surface area (Å²) >= 11 is 5.59. The van der Waals surface area contributed by atoms with E-state index in [1.807, 2.05) is 6.92 Å². The zero-order valence-electron chi connectivity index (χ0n) is 9.54. The summed E-state index contributed by atoms with van der Waals surface area (Å²) in [7, 11) is 0. The lowest BCUT2D eigenvalue weighted by atomic mass is 10.1. The van der Waals surface area contributed by atoms with Crippen molar-refractivity contribution in [2.75, 3.05) is 6.54 Å². The Balaban J connectivity index is 2.44. The van der Waals surface area contributed by atoms with Crippen molar-refractivity contribution in [3.8, 4) is 0 Å². The van der Waals surface area contributed by atoms with Crippen LogP contribution in [0.3, 0.4) is 0 Å². The zero-order valence-corrected chi connectivity index (χ0v) is 10.3. The van der Waals surface area contributed by atoms with Gasteiger partial charge in [-0.2, -0.15) is 0 Å². The van der Waals surface area contributed by atoms with E-state index in [0.717, 1.165) is 5.56 Å². The van der Waals surface area contributed by atoms with E-state index in [1.165, 1.54) is 12.1 Å². The van der Waals surface area contributed by atoms with Gasteiger partial charge >= 0.3 is 5.97 Å². The summed E-state index contributed by atoms with van der Waals surface area (Å²) in [6, 6.07) is 4.62. The molecule has 0 fully saturated rings. The van der Waals surface area contributed by atoms with Gasteiger partial charge in [0.25, 0.3) is 0 Å². The average molecular weight is 260 g/mol. The van der Waals surface area contributed by atoms with Crippen LogP contribution in [0.5, 0.6) is 0 Å². The molecule has 1 aromatic rings. The van der Waals surface area contributed by atoms with Crippen LogP contribution in [0.4, 0.5) is 4.39 Å². The second kappa shape index (κ2) is 6.57. The quantitative estimate of drug-likeness (QED) is 0.772. The van der Waals surface area contributed by atoms with Crippen molar-refractivity contribution >= 4 is 17.6 Å². The standard InChI is InChI=1S/C12H15ClFNO2/c1-8(15-6-2-3-12(16)17)9-4-5-10(13)11(14)7-9/h4-5,7-8,15H,2-3,6H2,1H3,(H,16,17). The Bertz CT molecular complexity index is 398. The molecule has 0 radical (unpaired) electrons. The van der Waals surface area contributed by atoms with Crippen LogP contribution in [0, 0.1) is 5.82 Å². The highest BCUT2D eigenvalue weighted by Crippen LogP contribution is 2.19. The molecule has 0 bridgehead atoms. The first-order valence-corrected chi connectivity index (χ1v) is 5.78. The maximum atomic E-state index is 13.2. The molecule has 1 atom stereocenters. The number of hydrogen-bond donors (Lipinski definition) is 2. The van der Waals surface area contributed by atoms with Gasteiger partial charge < -0.3 is 10.4 Å². The predicted molar refractivity (Wildman–Crippen MR) is 64.7 cm³/mol. The number of aliphatic carboxylic acids is 1. The molecular formula is C12H15ClFNO2. The molecule has 5 heteroatoms. The number of carbonyl (C=O) groups is 1. The molecule has 0 aliphatic rings. The SMILES string of the molecule is CC(NCCCC(=O)O)c1ccc(Cl)c(F)c1. The Hall–Kier alpha value is -1.13. The first-order valence-electron chi connectivity index (χ1n) is 5.41. The summed E-state index contributed by atoms with van der Waals surface area (Å²) in [5.74, 6) is -1.25. The van der Waals surface area contributed by atoms with Crippen molar-refractivity contribution in [3.63, 3.8) is 0 Å². The van der Waals surface area contributed by atoms with Gasteiger partial charge in [-0.25, -0.2) is 4.39 Å². The number of hydrogen-bond acceptors (Lipinski definition) is 2. The molecule has 3 nitrogen and oxygen atoms in total. The Kier molecular flexibility index (Phi) is 5.38. The second-order valence-electron chi connectivity index (χ2n) is 3.85. The fraction of sp³-hybridized carbons (Fsp3) is 0.417. The molecule has 2 N–H and O–H groups in total. The average Bonchev–Trinajstić information content (AvgIpc) is 2.27. The van der Waals surface area contributed by atoms with Crippen LogP contribution >= 0.6 is 11.6 Å². The van der Waals surface area contributed by atoms with Crippen LogP contribution in [-0.2, 0) is 4.79 Å². The minimum Gasteiger partial charge on any atom is -0.481 e. The van der Waals surface area contributed by atoms with Gasteiger partial charge in [0.05, 0.1) is 5.02 Å². The Morgan fingerprint density at radius 1 is 1.59 bits per heavy atom. The highest BCUT2D eigenvalue weighted by molar-refractivity contribution is 6.30. The fourth-order valence-corrected chi connectivity index (χ4v) is 1.58.